The van der Waals surface area contributed by atoms with Gasteiger partial charge in [0.2, 0.25) is 0 Å². The number of aryl methyl sites for hydroxylation is 2. The van der Waals surface area contributed by atoms with Gasteiger partial charge in [0.05, 0.1) is 6.42 Å². The number of carbonyl (C=O) groups excluding carboxylic acids is 2. The van der Waals surface area contributed by atoms with Crippen molar-refractivity contribution in [3.05, 3.63) is 95.1 Å². The number of carbonyl (C=O) groups is 2. The summed E-state index contributed by atoms with van der Waals surface area (Å²) in [5.41, 5.74) is 5.85. The van der Waals surface area contributed by atoms with E-state index < -0.39 is 0 Å². The van der Waals surface area contributed by atoms with Gasteiger partial charge in [-0.2, -0.15) is 0 Å². The second kappa shape index (κ2) is 9.14. The molecule has 0 saturated carbocycles. The Bertz CT molecular complexity index is 957. The highest BCUT2D eigenvalue weighted by Gasteiger charge is 2.12. The van der Waals surface area contributed by atoms with Gasteiger partial charge in [-0.15, -0.1) is 0 Å². The van der Waals surface area contributed by atoms with Crippen LogP contribution in [0.4, 0.5) is 0 Å². The normalized spacial score (nSPS) is 10.5. The van der Waals surface area contributed by atoms with Gasteiger partial charge in [-0.25, -0.2) is 0 Å². The number of benzene rings is 3. The highest BCUT2D eigenvalue weighted by Crippen LogP contribution is 2.20. The molecule has 0 fully saturated rings. The fourth-order valence-electron chi connectivity index (χ4n) is 3.05. The van der Waals surface area contributed by atoms with E-state index in [2.05, 4.69) is 12.1 Å². The second-order valence-electron chi connectivity index (χ2n) is 6.97. The Morgan fingerprint density at radius 2 is 1.46 bits per heavy atom. The number of ether oxygens (including phenoxy) is 1. The van der Waals surface area contributed by atoms with Gasteiger partial charge in [-0.3, -0.25) is 9.59 Å². The maximum atomic E-state index is 12.4. The molecule has 0 bridgehead atoms. The van der Waals surface area contributed by atoms with Gasteiger partial charge in [-0.05, 0) is 42.2 Å². The Labute approximate surface area is 166 Å². The summed E-state index contributed by atoms with van der Waals surface area (Å²) >= 11 is 0. The molecule has 142 valence electrons. The van der Waals surface area contributed by atoms with Crippen LogP contribution in [0.15, 0.2) is 72.8 Å². The van der Waals surface area contributed by atoms with Crippen molar-refractivity contribution < 1.29 is 14.3 Å². The molecule has 0 atom stereocenters. The number of esters is 1. The van der Waals surface area contributed by atoms with E-state index in [1.54, 1.807) is 0 Å². The van der Waals surface area contributed by atoms with Gasteiger partial charge in [0, 0.05) is 12.0 Å². The first-order valence-corrected chi connectivity index (χ1v) is 9.43. The second-order valence-corrected chi connectivity index (χ2v) is 6.97. The molecule has 3 aromatic carbocycles. The molecule has 3 aromatic rings. The van der Waals surface area contributed by atoms with E-state index in [0.29, 0.717) is 5.56 Å². The molecule has 0 heterocycles. The molecule has 0 unspecified atom stereocenters. The van der Waals surface area contributed by atoms with Crippen LogP contribution in [0.2, 0.25) is 0 Å². The first-order chi connectivity index (χ1) is 13.5. The lowest BCUT2D eigenvalue weighted by atomic mass is 9.99. The van der Waals surface area contributed by atoms with Gasteiger partial charge in [0.25, 0.3) is 0 Å². The summed E-state index contributed by atoms with van der Waals surface area (Å²) in [4.78, 5) is 24.4. The molecule has 0 saturated heterocycles. The molecule has 0 aliphatic heterocycles. The maximum Gasteiger partial charge on any atom is 0.306 e. The largest absolute Gasteiger partial charge is 0.461 e. The SMILES string of the molecule is Cc1ccc(C)c(C(=O)CCC(=O)OCc2ccc(-c3ccccc3)cc2)c1. The molecule has 28 heavy (non-hydrogen) atoms. The Hall–Kier alpha value is -3.20. The summed E-state index contributed by atoms with van der Waals surface area (Å²) in [5, 5.41) is 0. The van der Waals surface area contributed by atoms with Crippen molar-refractivity contribution >= 4 is 11.8 Å². The Kier molecular flexibility index (Phi) is 6.38. The van der Waals surface area contributed by atoms with Crippen molar-refractivity contribution in [2.75, 3.05) is 0 Å². The van der Waals surface area contributed by atoms with E-state index in [9.17, 15) is 9.59 Å². The zero-order valence-electron chi connectivity index (χ0n) is 16.3. The van der Waals surface area contributed by atoms with Gasteiger partial charge in [0.1, 0.15) is 6.61 Å². The molecular weight excluding hydrogens is 348 g/mol. The molecular formula is C25H24O3. The third kappa shape index (κ3) is 5.17. The summed E-state index contributed by atoms with van der Waals surface area (Å²) in [7, 11) is 0. The minimum absolute atomic E-state index is 0.0228. The van der Waals surface area contributed by atoms with E-state index in [1.807, 2.05) is 74.5 Å². The molecule has 3 heteroatoms. The van der Waals surface area contributed by atoms with Gasteiger partial charge in [0.15, 0.2) is 5.78 Å². The van der Waals surface area contributed by atoms with Crippen molar-refractivity contribution in [3.8, 4) is 11.1 Å². The highest BCUT2D eigenvalue weighted by atomic mass is 16.5. The van der Waals surface area contributed by atoms with Crippen LogP contribution >= 0.6 is 0 Å². The highest BCUT2D eigenvalue weighted by molar-refractivity contribution is 5.98. The van der Waals surface area contributed by atoms with E-state index in [1.165, 1.54) is 0 Å². The smallest absolute Gasteiger partial charge is 0.306 e. The molecule has 0 aliphatic carbocycles. The van der Waals surface area contributed by atoms with Crippen LogP contribution in [-0.4, -0.2) is 11.8 Å². The van der Waals surface area contributed by atoms with Crippen molar-refractivity contribution in [3.63, 3.8) is 0 Å². The van der Waals surface area contributed by atoms with E-state index in [0.717, 1.165) is 27.8 Å². The summed E-state index contributed by atoms with van der Waals surface area (Å²) in [6, 6.07) is 23.8. The number of hydrogen-bond acceptors (Lipinski definition) is 3. The standard InChI is InChI=1S/C25H24O3/c1-18-8-9-19(2)23(16-18)24(26)14-15-25(27)28-17-20-10-12-22(13-11-20)21-6-4-3-5-7-21/h3-13,16H,14-15,17H2,1-2H3. The topological polar surface area (TPSA) is 43.4 Å². The van der Waals surface area contributed by atoms with Crippen LogP contribution in [0.1, 0.15) is 39.9 Å². The molecule has 0 spiro atoms. The van der Waals surface area contributed by atoms with Crippen LogP contribution in [0, 0.1) is 13.8 Å². The first-order valence-electron chi connectivity index (χ1n) is 9.43. The van der Waals surface area contributed by atoms with Crippen LogP contribution in [0.5, 0.6) is 0 Å². The lowest BCUT2D eigenvalue weighted by molar-refractivity contribution is -0.144. The van der Waals surface area contributed by atoms with Crippen molar-refractivity contribution in [1.29, 1.82) is 0 Å². The predicted octanol–water partition coefficient (Wildman–Crippen LogP) is 5.68. The summed E-state index contributed by atoms with van der Waals surface area (Å²) in [5.74, 6) is -0.379. The molecule has 0 amide bonds. The lowest BCUT2D eigenvalue weighted by Crippen LogP contribution is -2.09. The van der Waals surface area contributed by atoms with Crippen LogP contribution in [0.25, 0.3) is 11.1 Å². The predicted molar refractivity (Wildman–Crippen MR) is 111 cm³/mol. The van der Waals surface area contributed by atoms with Crippen molar-refractivity contribution in [2.24, 2.45) is 0 Å². The van der Waals surface area contributed by atoms with Gasteiger partial charge >= 0.3 is 5.97 Å². The molecule has 0 radical (unpaired) electrons. The molecule has 0 N–H and O–H groups in total. The van der Waals surface area contributed by atoms with E-state index >= 15 is 0 Å². The van der Waals surface area contributed by atoms with Gasteiger partial charge in [-0.1, -0.05) is 72.3 Å². The summed E-state index contributed by atoms with van der Waals surface area (Å²) in [6.45, 7) is 4.07. The minimum atomic E-state index is -0.356. The van der Waals surface area contributed by atoms with Crippen LogP contribution < -0.4 is 0 Å². The summed E-state index contributed by atoms with van der Waals surface area (Å²) in [6.07, 6.45) is 0.254. The fourth-order valence-corrected chi connectivity index (χ4v) is 3.05. The lowest BCUT2D eigenvalue weighted by Gasteiger charge is -2.08. The third-order valence-corrected chi connectivity index (χ3v) is 4.71. The third-order valence-electron chi connectivity index (χ3n) is 4.71. The van der Waals surface area contributed by atoms with E-state index in [-0.39, 0.29) is 31.2 Å². The van der Waals surface area contributed by atoms with Crippen LogP contribution in [0.3, 0.4) is 0 Å². The zero-order valence-corrected chi connectivity index (χ0v) is 16.3. The van der Waals surface area contributed by atoms with Crippen molar-refractivity contribution in [2.45, 2.75) is 33.3 Å². The minimum Gasteiger partial charge on any atom is -0.461 e. The first kappa shape index (κ1) is 19.6. The Morgan fingerprint density at radius 3 is 2.18 bits per heavy atom. The quantitative estimate of drug-likeness (QED) is 0.396. The molecule has 0 aliphatic rings. The van der Waals surface area contributed by atoms with Gasteiger partial charge < -0.3 is 4.74 Å². The molecule has 0 aromatic heterocycles. The van der Waals surface area contributed by atoms with Crippen molar-refractivity contribution in [1.82, 2.24) is 0 Å². The summed E-state index contributed by atoms with van der Waals surface area (Å²) < 4.78 is 5.32. The zero-order chi connectivity index (χ0) is 19.9. The van der Waals surface area contributed by atoms with Crippen LogP contribution in [-0.2, 0) is 16.1 Å². The fraction of sp³-hybridized carbons (Fsp3) is 0.200. The molecule has 3 rings (SSSR count). The number of rotatable bonds is 7. The average Bonchev–Trinajstić information content (AvgIpc) is 2.73. The number of hydrogen-bond donors (Lipinski definition) is 0. The van der Waals surface area contributed by atoms with E-state index in [4.69, 9.17) is 4.74 Å². The molecule has 3 nitrogen and oxygen atoms in total. The Balaban J connectivity index is 1.49. The Morgan fingerprint density at radius 1 is 0.786 bits per heavy atom. The average molecular weight is 372 g/mol. The number of Topliss-reactive ketones (excluding diaryl/α,β-unsaturated/α-hetero) is 1. The maximum absolute atomic E-state index is 12.4. The number of ketones is 1. The monoisotopic (exact) mass is 372 g/mol.